The molecule has 118 valence electrons. The molecule has 4 heteroatoms. The standard InChI is InChI=1S/C17H28N2O2/c1-5-12-18-16(17(20)21-6-2)11-13-19(4)15-9-7-14(3)8-10-15/h7-10,16,18H,5-6,11-13H2,1-4H3. The third-order valence-electron chi connectivity index (χ3n) is 3.44. The van der Waals surface area contributed by atoms with E-state index in [9.17, 15) is 4.79 Å². The molecular weight excluding hydrogens is 264 g/mol. The number of esters is 1. The summed E-state index contributed by atoms with van der Waals surface area (Å²) in [5.41, 5.74) is 2.42. The highest BCUT2D eigenvalue weighted by molar-refractivity contribution is 5.75. The Balaban J connectivity index is 2.54. The van der Waals surface area contributed by atoms with Gasteiger partial charge in [0.1, 0.15) is 6.04 Å². The molecule has 1 atom stereocenters. The Morgan fingerprint density at radius 3 is 2.52 bits per heavy atom. The fourth-order valence-corrected chi connectivity index (χ4v) is 2.12. The Morgan fingerprint density at radius 1 is 1.29 bits per heavy atom. The lowest BCUT2D eigenvalue weighted by Crippen LogP contribution is -2.41. The van der Waals surface area contributed by atoms with Crippen LogP contribution < -0.4 is 10.2 Å². The molecule has 0 heterocycles. The van der Waals surface area contributed by atoms with Crippen molar-refractivity contribution in [1.29, 1.82) is 0 Å². The predicted molar refractivity (Wildman–Crippen MR) is 87.8 cm³/mol. The van der Waals surface area contributed by atoms with E-state index < -0.39 is 0 Å². The van der Waals surface area contributed by atoms with Crippen LogP contribution in [0.5, 0.6) is 0 Å². The number of benzene rings is 1. The van der Waals surface area contributed by atoms with E-state index in [0.717, 1.165) is 25.9 Å². The Kier molecular flexibility index (Phi) is 7.83. The second-order valence-electron chi connectivity index (χ2n) is 5.30. The minimum Gasteiger partial charge on any atom is -0.465 e. The van der Waals surface area contributed by atoms with E-state index in [1.807, 2.05) is 14.0 Å². The Bertz CT molecular complexity index is 417. The molecule has 0 aromatic heterocycles. The Labute approximate surface area is 128 Å². The minimum absolute atomic E-state index is 0.150. The first kappa shape index (κ1) is 17.5. The zero-order chi connectivity index (χ0) is 15.7. The quantitative estimate of drug-likeness (QED) is 0.711. The van der Waals surface area contributed by atoms with Crippen LogP contribution in [0.25, 0.3) is 0 Å². The number of ether oxygens (including phenoxy) is 1. The highest BCUT2D eigenvalue weighted by Crippen LogP contribution is 2.14. The van der Waals surface area contributed by atoms with Crippen molar-refractivity contribution in [2.45, 2.75) is 39.7 Å². The molecule has 1 unspecified atom stereocenters. The van der Waals surface area contributed by atoms with Gasteiger partial charge in [-0.25, -0.2) is 0 Å². The second kappa shape index (κ2) is 9.40. The maximum absolute atomic E-state index is 11.9. The Morgan fingerprint density at radius 2 is 1.95 bits per heavy atom. The molecule has 0 amide bonds. The topological polar surface area (TPSA) is 41.6 Å². The molecule has 21 heavy (non-hydrogen) atoms. The number of aryl methyl sites for hydroxylation is 1. The first-order valence-corrected chi connectivity index (χ1v) is 7.76. The first-order chi connectivity index (χ1) is 10.1. The molecule has 0 saturated heterocycles. The van der Waals surface area contributed by atoms with Gasteiger partial charge in [-0.1, -0.05) is 24.6 Å². The van der Waals surface area contributed by atoms with Crippen molar-refractivity contribution < 1.29 is 9.53 Å². The zero-order valence-electron chi connectivity index (χ0n) is 13.7. The smallest absolute Gasteiger partial charge is 0.323 e. The summed E-state index contributed by atoms with van der Waals surface area (Å²) in [6.07, 6.45) is 1.74. The van der Waals surface area contributed by atoms with Gasteiger partial charge in [-0.2, -0.15) is 0 Å². The van der Waals surface area contributed by atoms with Crippen molar-refractivity contribution in [1.82, 2.24) is 5.32 Å². The van der Waals surface area contributed by atoms with Gasteiger partial charge in [0.2, 0.25) is 0 Å². The van der Waals surface area contributed by atoms with Gasteiger partial charge in [0.15, 0.2) is 0 Å². The molecule has 0 aliphatic carbocycles. The number of nitrogens with one attached hydrogen (secondary N) is 1. The van der Waals surface area contributed by atoms with Crippen LogP contribution in [0.3, 0.4) is 0 Å². The highest BCUT2D eigenvalue weighted by atomic mass is 16.5. The highest BCUT2D eigenvalue weighted by Gasteiger charge is 2.19. The number of anilines is 1. The van der Waals surface area contributed by atoms with Gasteiger partial charge in [0, 0.05) is 19.3 Å². The molecule has 0 aliphatic heterocycles. The number of carbonyl (C=O) groups is 1. The minimum atomic E-state index is -0.224. The van der Waals surface area contributed by atoms with Crippen LogP contribution in [-0.2, 0) is 9.53 Å². The molecular formula is C17H28N2O2. The summed E-state index contributed by atoms with van der Waals surface area (Å²) < 4.78 is 5.13. The van der Waals surface area contributed by atoms with Gasteiger partial charge in [-0.15, -0.1) is 0 Å². The van der Waals surface area contributed by atoms with E-state index >= 15 is 0 Å². The molecule has 1 rings (SSSR count). The van der Waals surface area contributed by atoms with Gasteiger partial charge in [-0.05, 0) is 45.4 Å². The molecule has 0 aliphatic rings. The number of hydrogen-bond donors (Lipinski definition) is 1. The van der Waals surface area contributed by atoms with Gasteiger partial charge >= 0.3 is 5.97 Å². The van der Waals surface area contributed by atoms with E-state index in [-0.39, 0.29) is 12.0 Å². The molecule has 0 saturated carbocycles. The number of hydrogen-bond acceptors (Lipinski definition) is 4. The molecule has 1 aromatic rings. The number of carbonyl (C=O) groups excluding carboxylic acids is 1. The zero-order valence-corrected chi connectivity index (χ0v) is 13.7. The summed E-state index contributed by atoms with van der Waals surface area (Å²) in [6.45, 7) is 8.08. The summed E-state index contributed by atoms with van der Waals surface area (Å²) in [6, 6.07) is 8.19. The van der Waals surface area contributed by atoms with Crippen LogP contribution in [0.1, 0.15) is 32.3 Å². The molecule has 0 bridgehead atoms. The summed E-state index contributed by atoms with van der Waals surface area (Å²) in [4.78, 5) is 14.1. The van der Waals surface area contributed by atoms with Crippen LogP contribution in [0, 0.1) is 6.92 Å². The lowest BCUT2D eigenvalue weighted by Gasteiger charge is -2.23. The van der Waals surface area contributed by atoms with E-state index in [1.54, 1.807) is 0 Å². The normalized spacial score (nSPS) is 12.0. The van der Waals surface area contributed by atoms with Crippen molar-refractivity contribution in [3.63, 3.8) is 0 Å². The van der Waals surface area contributed by atoms with Gasteiger partial charge < -0.3 is 15.0 Å². The third kappa shape index (κ3) is 6.17. The van der Waals surface area contributed by atoms with Gasteiger partial charge in [-0.3, -0.25) is 4.79 Å². The van der Waals surface area contributed by atoms with Crippen LogP contribution in [0.15, 0.2) is 24.3 Å². The average molecular weight is 292 g/mol. The largest absolute Gasteiger partial charge is 0.465 e. The predicted octanol–water partition coefficient (Wildman–Crippen LogP) is 2.75. The fourth-order valence-electron chi connectivity index (χ4n) is 2.12. The molecule has 1 N–H and O–H groups in total. The summed E-state index contributed by atoms with van der Waals surface area (Å²) in [7, 11) is 2.05. The van der Waals surface area contributed by atoms with Crippen LogP contribution in [0.4, 0.5) is 5.69 Å². The summed E-state index contributed by atoms with van der Waals surface area (Å²) in [5, 5.41) is 3.27. The first-order valence-electron chi connectivity index (χ1n) is 7.76. The second-order valence-corrected chi connectivity index (χ2v) is 5.30. The maximum Gasteiger partial charge on any atom is 0.323 e. The molecule has 0 fully saturated rings. The van der Waals surface area contributed by atoms with Crippen molar-refractivity contribution in [3.05, 3.63) is 29.8 Å². The van der Waals surface area contributed by atoms with Gasteiger partial charge in [0.05, 0.1) is 6.61 Å². The number of nitrogens with zero attached hydrogens (tertiary/aromatic N) is 1. The number of rotatable bonds is 9. The lowest BCUT2D eigenvalue weighted by molar-refractivity contribution is -0.145. The molecule has 4 nitrogen and oxygen atoms in total. The average Bonchev–Trinajstić information content (AvgIpc) is 2.48. The Hall–Kier alpha value is -1.55. The fraction of sp³-hybridized carbons (Fsp3) is 0.588. The van der Waals surface area contributed by atoms with Crippen molar-refractivity contribution in [3.8, 4) is 0 Å². The van der Waals surface area contributed by atoms with Crippen molar-refractivity contribution >= 4 is 11.7 Å². The van der Waals surface area contributed by atoms with Crippen LogP contribution in [-0.4, -0.2) is 38.8 Å². The van der Waals surface area contributed by atoms with Gasteiger partial charge in [0.25, 0.3) is 0 Å². The lowest BCUT2D eigenvalue weighted by atomic mass is 10.1. The monoisotopic (exact) mass is 292 g/mol. The van der Waals surface area contributed by atoms with E-state index in [1.165, 1.54) is 11.3 Å². The SMILES string of the molecule is CCCNC(CCN(C)c1ccc(C)cc1)C(=O)OCC. The third-order valence-corrected chi connectivity index (χ3v) is 3.44. The van der Waals surface area contributed by atoms with E-state index in [4.69, 9.17) is 4.74 Å². The van der Waals surface area contributed by atoms with E-state index in [2.05, 4.69) is 48.3 Å². The summed E-state index contributed by atoms with van der Waals surface area (Å²) in [5.74, 6) is -0.150. The summed E-state index contributed by atoms with van der Waals surface area (Å²) >= 11 is 0. The van der Waals surface area contributed by atoms with Crippen LogP contribution in [0.2, 0.25) is 0 Å². The molecule has 0 spiro atoms. The van der Waals surface area contributed by atoms with Crippen molar-refractivity contribution in [2.75, 3.05) is 31.6 Å². The molecule has 1 aromatic carbocycles. The van der Waals surface area contributed by atoms with E-state index in [0.29, 0.717) is 6.61 Å². The van der Waals surface area contributed by atoms with Crippen molar-refractivity contribution in [2.24, 2.45) is 0 Å². The molecule has 0 radical (unpaired) electrons. The maximum atomic E-state index is 11.9. The van der Waals surface area contributed by atoms with Crippen LogP contribution >= 0.6 is 0 Å².